The van der Waals surface area contributed by atoms with Crippen LogP contribution in [-0.4, -0.2) is 44.1 Å². The maximum atomic E-state index is 7.94. The van der Waals surface area contributed by atoms with Gasteiger partial charge in [0.2, 0.25) is 0 Å². The Balaban J connectivity index is -0.0000000500. The molecule has 0 saturated heterocycles. The molecule has 0 aromatic rings. The zero-order valence-corrected chi connectivity index (χ0v) is 12.8. The van der Waals surface area contributed by atoms with Crippen molar-refractivity contribution >= 4 is 40.0 Å². The van der Waals surface area contributed by atoms with Crippen LogP contribution in [0, 0.1) is 0 Å². The van der Waals surface area contributed by atoms with Crippen LogP contribution < -0.4 is 5.32 Å². The first kappa shape index (κ1) is 30.2. The number of hydrogen-bond donors (Lipinski definition) is 2. The Morgan fingerprint density at radius 2 is 1.73 bits per heavy atom. The predicted octanol–water partition coefficient (Wildman–Crippen LogP) is 3.26. The molecule has 2 N–H and O–H groups in total. The number of likely N-dealkylation sites (N-methyl/N-ethyl adjacent to an activating group) is 1. The van der Waals surface area contributed by atoms with E-state index in [2.05, 4.69) is 50.2 Å². The van der Waals surface area contributed by atoms with Crippen LogP contribution in [0.3, 0.4) is 0 Å². The van der Waals surface area contributed by atoms with Crippen molar-refractivity contribution < 1.29 is 19.6 Å². The van der Waals surface area contributed by atoms with Gasteiger partial charge >= 0.3 is 49.4 Å². The second-order valence-electron chi connectivity index (χ2n) is 1.99. The van der Waals surface area contributed by atoms with Crippen LogP contribution in [0.1, 0.15) is 22.3 Å². The van der Waals surface area contributed by atoms with E-state index in [0.29, 0.717) is 16.1 Å². The van der Waals surface area contributed by atoms with E-state index in [1.165, 1.54) is 0 Å². The van der Waals surface area contributed by atoms with E-state index in [9.17, 15) is 0 Å². The molecule has 0 atom stereocenters. The first-order valence-electron chi connectivity index (χ1n) is 3.24. The molecule has 0 aliphatic rings. The summed E-state index contributed by atoms with van der Waals surface area (Å²) in [7, 11) is 4.44. The molecule has 15 heavy (non-hydrogen) atoms. The molecule has 0 aromatic heterocycles. The van der Waals surface area contributed by atoms with Gasteiger partial charge in [-0.15, -0.1) is 0 Å². The normalized spacial score (nSPS) is 7.33. The molecule has 0 aliphatic carbocycles. The average molecular weight is 487 g/mol. The molecular formula is C8H26I2N2O2V. The van der Waals surface area contributed by atoms with E-state index in [0.717, 1.165) is 13.2 Å². The second-order valence-corrected chi connectivity index (χ2v) is 13.8. The summed E-state index contributed by atoms with van der Waals surface area (Å²) in [6, 6.07) is 0. The van der Waals surface area contributed by atoms with E-state index < -0.39 is 0 Å². The molecule has 0 fully saturated rings. The fourth-order valence-corrected chi connectivity index (χ4v) is 0.546. The van der Waals surface area contributed by atoms with Crippen LogP contribution in [0.25, 0.3) is 0 Å². The van der Waals surface area contributed by atoms with E-state index >= 15 is 0 Å². The zero-order chi connectivity index (χ0) is 9.82. The van der Waals surface area contributed by atoms with Gasteiger partial charge in [-0.05, 0) is 14.1 Å². The monoisotopic (exact) mass is 487 g/mol. The Morgan fingerprint density at radius 3 is 2.00 bits per heavy atom. The Labute approximate surface area is 125 Å². The van der Waals surface area contributed by atoms with Gasteiger partial charge < -0.3 is 5.32 Å². The standard InChI is InChI=1S/C5H14N2O2.3CH4.2HI.V/c1-6-5-7(2)3-4-9-8;;;;;;/h6,8H,3-5H2,1-2H3;3*1H4;2*1H;/q;;;;;;+2/p-2. The molecule has 0 aliphatic heterocycles. The number of rotatable bonds is 5. The minimum absolute atomic E-state index is 0. The van der Waals surface area contributed by atoms with Crippen molar-refractivity contribution in [2.75, 3.05) is 33.9 Å². The Kier molecular flexibility index (Phi) is 59.7. The molecule has 0 bridgehead atoms. The van der Waals surface area contributed by atoms with Crippen molar-refractivity contribution in [1.82, 2.24) is 10.2 Å². The van der Waals surface area contributed by atoms with Gasteiger partial charge in [-0.1, -0.05) is 22.3 Å². The maximum absolute atomic E-state index is 7.94. The molecule has 0 saturated carbocycles. The number of halogens is 2. The minimum atomic E-state index is 0. The third-order valence-electron chi connectivity index (χ3n) is 0.992. The SMILES string of the molecule is C.C.C.CNCN(C)CCOO.[I][V][I]. The predicted molar refractivity (Wildman–Crippen MR) is 83.4 cm³/mol. The summed E-state index contributed by atoms with van der Waals surface area (Å²) in [4.78, 5) is 5.89. The quantitative estimate of drug-likeness (QED) is 0.271. The number of hydrogen-bond acceptors (Lipinski definition) is 4. The van der Waals surface area contributed by atoms with Gasteiger partial charge in [0.25, 0.3) is 0 Å². The average Bonchev–Trinajstić information content (AvgIpc) is 2.03. The van der Waals surface area contributed by atoms with Crippen LogP contribution in [0.4, 0.5) is 0 Å². The molecule has 0 aromatic carbocycles. The van der Waals surface area contributed by atoms with Gasteiger partial charge in [-0.3, -0.25) is 10.2 Å². The van der Waals surface area contributed by atoms with Crippen molar-refractivity contribution in [3.05, 3.63) is 0 Å². The molecule has 0 unspecified atom stereocenters. The summed E-state index contributed by atoms with van der Waals surface area (Å²) in [6.45, 7) is 1.90. The van der Waals surface area contributed by atoms with Crippen molar-refractivity contribution in [2.24, 2.45) is 0 Å². The van der Waals surface area contributed by atoms with Gasteiger partial charge in [-0.25, -0.2) is 4.89 Å². The topological polar surface area (TPSA) is 44.7 Å². The summed E-state index contributed by atoms with van der Waals surface area (Å²) in [5, 5.41) is 10.9. The molecule has 0 radical (unpaired) electrons. The number of nitrogens with one attached hydrogen (secondary N) is 1. The van der Waals surface area contributed by atoms with Gasteiger partial charge in [0, 0.05) is 13.2 Å². The van der Waals surface area contributed by atoms with Crippen molar-refractivity contribution in [3.8, 4) is 0 Å². The third kappa shape index (κ3) is 38.8. The first-order valence-corrected chi connectivity index (χ1v) is 12.3. The summed E-state index contributed by atoms with van der Waals surface area (Å²) < 4.78 is 0. The molecule has 0 amide bonds. The third-order valence-corrected chi connectivity index (χ3v) is 0.992. The van der Waals surface area contributed by atoms with Crippen LogP contribution in [-0.2, 0) is 14.4 Å². The van der Waals surface area contributed by atoms with Crippen LogP contribution >= 0.6 is 40.0 Å². The fourth-order valence-electron chi connectivity index (χ4n) is 0.546. The zero-order valence-electron chi connectivity index (χ0n) is 7.13. The summed E-state index contributed by atoms with van der Waals surface area (Å²) in [5.74, 6) is 0. The van der Waals surface area contributed by atoms with E-state index in [1.54, 1.807) is 0 Å². The molecule has 0 rings (SSSR count). The Hall–Kier alpha value is 1.88. The van der Waals surface area contributed by atoms with Gasteiger partial charge in [0.05, 0.1) is 6.61 Å². The summed E-state index contributed by atoms with van der Waals surface area (Å²) >= 11 is 4.74. The molecule has 0 heterocycles. The van der Waals surface area contributed by atoms with Crippen molar-refractivity contribution in [3.63, 3.8) is 0 Å². The van der Waals surface area contributed by atoms with E-state index in [-0.39, 0.29) is 22.3 Å². The van der Waals surface area contributed by atoms with Crippen molar-refractivity contribution in [1.29, 1.82) is 0 Å². The molecule has 99 valence electrons. The van der Waals surface area contributed by atoms with Crippen LogP contribution in [0.15, 0.2) is 0 Å². The fraction of sp³-hybridized carbons (Fsp3) is 1.00. The van der Waals surface area contributed by atoms with E-state index in [1.807, 2.05) is 19.0 Å². The number of nitrogens with zero attached hydrogens (tertiary/aromatic N) is 1. The van der Waals surface area contributed by atoms with Crippen LogP contribution in [0.2, 0.25) is 0 Å². The van der Waals surface area contributed by atoms with Gasteiger partial charge in [-0.2, -0.15) is 0 Å². The summed E-state index contributed by atoms with van der Waals surface area (Å²) in [5.41, 5.74) is 0. The molecule has 0 spiro atoms. The summed E-state index contributed by atoms with van der Waals surface area (Å²) in [6.07, 6.45) is 0. The van der Waals surface area contributed by atoms with Crippen molar-refractivity contribution in [2.45, 2.75) is 22.3 Å². The first-order chi connectivity index (χ1) is 5.72. The second kappa shape index (κ2) is 29.7. The Bertz CT molecular complexity index is 85.7. The van der Waals surface area contributed by atoms with Gasteiger partial charge in [0.15, 0.2) is 0 Å². The Morgan fingerprint density at radius 1 is 1.33 bits per heavy atom. The molecule has 7 heteroatoms. The van der Waals surface area contributed by atoms with Gasteiger partial charge in [0.1, 0.15) is 0 Å². The van der Waals surface area contributed by atoms with Crippen LogP contribution in [0.5, 0.6) is 0 Å². The van der Waals surface area contributed by atoms with E-state index in [4.69, 9.17) is 5.26 Å². The molecule has 4 nitrogen and oxygen atoms in total. The molecular weight excluding hydrogens is 461 g/mol.